The van der Waals surface area contributed by atoms with Crippen LogP contribution < -0.4 is 4.74 Å². The number of hydrogen-bond donors (Lipinski definition) is 1. The maximum atomic E-state index is 6.06. The smallest absolute Gasteiger partial charge is 0.120 e. The van der Waals surface area contributed by atoms with Crippen molar-refractivity contribution >= 4 is 10.9 Å². The zero-order chi connectivity index (χ0) is 18.6. The Morgan fingerprint density at radius 2 is 1.89 bits per heavy atom. The van der Waals surface area contributed by atoms with Crippen molar-refractivity contribution in [2.75, 3.05) is 19.6 Å². The van der Waals surface area contributed by atoms with E-state index in [1.165, 1.54) is 47.1 Å². The van der Waals surface area contributed by atoms with E-state index in [2.05, 4.69) is 66.2 Å². The molecular formula is C24H30N2O. The van der Waals surface area contributed by atoms with Gasteiger partial charge in [0.15, 0.2) is 0 Å². The standard InChI is InChI=1S/C24H30N2O/c1-3-26(4-2)16-19-10-12-23-21(14-19)22-15-20(11-13-24(22)25-23)27-17-18-8-6-5-7-9-18/h5-9,11,13,15,19,25H,3-4,10,12,14,16-17H2,1-2H3. The lowest BCUT2D eigenvalue weighted by Gasteiger charge is -2.28. The van der Waals surface area contributed by atoms with Crippen molar-refractivity contribution in [2.45, 2.75) is 39.7 Å². The van der Waals surface area contributed by atoms with E-state index in [0.29, 0.717) is 6.61 Å². The van der Waals surface area contributed by atoms with Gasteiger partial charge in [-0.3, -0.25) is 0 Å². The fraction of sp³-hybridized carbons (Fsp3) is 0.417. The summed E-state index contributed by atoms with van der Waals surface area (Å²) in [5, 5.41) is 1.35. The van der Waals surface area contributed by atoms with E-state index in [-0.39, 0.29) is 0 Å². The molecule has 1 atom stereocenters. The molecule has 0 radical (unpaired) electrons. The Balaban J connectivity index is 1.52. The van der Waals surface area contributed by atoms with Gasteiger partial charge in [0, 0.05) is 23.1 Å². The second-order valence-corrected chi connectivity index (χ2v) is 7.66. The molecule has 1 heterocycles. The predicted octanol–water partition coefficient (Wildman–Crippen LogP) is 5.19. The third kappa shape index (κ3) is 4.03. The predicted molar refractivity (Wildman–Crippen MR) is 112 cm³/mol. The van der Waals surface area contributed by atoms with Crippen LogP contribution in [0.1, 0.15) is 37.1 Å². The summed E-state index contributed by atoms with van der Waals surface area (Å²) < 4.78 is 6.06. The van der Waals surface area contributed by atoms with Crippen molar-refractivity contribution in [1.82, 2.24) is 9.88 Å². The van der Waals surface area contributed by atoms with Crippen LogP contribution in [0.4, 0.5) is 0 Å². The van der Waals surface area contributed by atoms with Crippen molar-refractivity contribution in [2.24, 2.45) is 5.92 Å². The highest BCUT2D eigenvalue weighted by Gasteiger charge is 2.23. The quantitative estimate of drug-likeness (QED) is 0.626. The minimum atomic E-state index is 0.615. The third-order valence-corrected chi connectivity index (χ3v) is 5.92. The second-order valence-electron chi connectivity index (χ2n) is 7.66. The number of H-pyrrole nitrogens is 1. The molecule has 2 aromatic carbocycles. The Hall–Kier alpha value is -2.26. The van der Waals surface area contributed by atoms with Gasteiger partial charge in [-0.25, -0.2) is 0 Å². The first-order valence-electron chi connectivity index (χ1n) is 10.3. The minimum absolute atomic E-state index is 0.615. The van der Waals surface area contributed by atoms with E-state index in [0.717, 1.165) is 31.2 Å². The number of aromatic nitrogens is 1. The van der Waals surface area contributed by atoms with Crippen molar-refractivity contribution in [3.8, 4) is 5.75 Å². The van der Waals surface area contributed by atoms with Crippen molar-refractivity contribution in [3.05, 3.63) is 65.4 Å². The summed E-state index contributed by atoms with van der Waals surface area (Å²) in [4.78, 5) is 6.20. The maximum absolute atomic E-state index is 6.06. The largest absolute Gasteiger partial charge is 0.489 e. The van der Waals surface area contributed by atoms with Gasteiger partial charge in [0.2, 0.25) is 0 Å². The molecule has 0 saturated heterocycles. The molecule has 1 aromatic heterocycles. The van der Waals surface area contributed by atoms with Crippen LogP contribution in [0.2, 0.25) is 0 Å². The molecule has 1 unspecified atom stereocenters. The first-order valence-corrected chi connectivity index (χ1v) is 10.3. The highest BCUT2D eigenvalue weighted by Crippen LogP contribution is 2.34. The van der Waals surface area contributed by atoms with Gasteiger partial charge in [-0.2, -0.15) is 0 Å². The molecule has 0 aliphatic heterocycles. The fourth-order valence-electron chi connectivity index (χ4n) is 4.30. The monoisotopic (exact) mass is 362 g/mol. The molecule has 0 saturated carbocycles. The topological polar surface area (TPSA) is 28.3 Å². The van der Waals surface area contributed by atoms with Gasteiger partial charge in [-0.15, -0.1) is 0 Å². The average Bonchev–Trinajstić information content (AvgIpc) is 3.08. The van der Waals surface area contributed by atoms with Gasteiger partial charge in [0.1, 0.15) is 12.4 Å². The summed E-state index contributed by atoms with van der Waals surface area (Å²) in [6, 6.07) is 16.8. The third-order valence-electron chi connectivity index (χ3n) is 5.92. The summed E-state index contributed by atoms with van der Waals surface area (Å²) in [5.41, 5.74) is 5.39. The summed E-state index contributed by atoms with van der Waals surface area (Å²) in [7, 11) is 0. The van der Waals surface area contributed by atoms with Crippen molar-refractivity contribution in [1.29, 1.82) is 0 Å². The van der Waals surface area contributed by atoms with Gasteiger partial charge in [0.05, 0.1) is 0 Å². The van der Waals surface area contributed by atoms with E-state index < -0.39 is 0 Å². The molecule has 3 heteroatoms. The van der Waals surface area contributed by atoms with Crippen LogP contribution >= 0.6 is 0 Å². The summed E-state index contributed by atoms with van der Waals surface area (Å²) in [5.74, 6) is 1.71. The van der Waals surface area contributed by atoms with E-state index in [1.54, 1.807) is 0 Å². The fourth-order valence-corrected chi connectivity index (χ4v) is 4.30. The number of nitrogens with one attached hydrogen (secondary N) is 1. The van der Waals surface area contributed by atoms with E-state index in [1.807, 2.05) is 6.07 Å². The molecule has 3 aromatic rings. The Kier molecular flexibility index (Phi) is 5.49. The molecule has 3 nitrogen and oxygen atoms in total. The van der Waals surface area contributed by atoms with Gasteiger partial charge in [-0.05, 0) is 67.6 Å². The lowest BCUT2D eigenvalue weighted by molar-refractivity contribution is 0.239. The molecule has 4 rings (SSSR count). The lowest BCUT2D eigenvalue weighted by Crippen LogP contribution is -2.31. The van der Waals surface area contributed by atoms with Gasteiger partial charge >= 0.3 is 0 Å². The maximum Gasteiger partial charge on any atom is 0.120 e. The zero-order valence-corrected chi connectivity index (χ0v) is 16.5. The van der Waals surface area contributed by atoms with Gasteiger partial charge in [-0.1, -0.05) is 44.2 Å². The molecule has 0 amide bonds. The zero-order valence-electron chi connectivity index (χ0n) is 16.5. The molecule has 0 fully saturated rings. The first-order chi connectivity index (χ1) is 13.3. The Morgan fingerprint density at radius 3 is 2.67 bits per heavy atom. The molecule has 142 valence electrons. The molecule has 27 heavy (non-hydrogen) atoms. The number of fused-ring (bicyclic) bond motifs is 3. The molecule has 1 aliphatic carbocycles. The molecule has 1 aliphatic rings. The first kappa shape index (κ1) is 18.1. The Bertz CT molecular complexity index is 880. The molecular weight excluding hydrogens is 332 g/mol. The number of ether oxygens (including phenoxy) is 1. The normalized spacial score (nSPS) is 16.6. The average molecular weight is 363 g/mol. The Labute approximate surface area is 162 Å². The van der Waals surface area contributed by atoms with Crippen molar-refractivity contribution in [3.63, 3.8) is 0 Å². The van der Waals surface area contributed by atoms with Crippen LogP contribution in [-0.2, 0) is 19.4 Å². The van der Waals surface area contributed by atoms with Gasteiger partial charge in [0.25, 0.3) is 0 Å². The summed E-state index contributed by atoms with van der Waals surface area (Å²) in [6.07, 6.45) is 3.62. The van der Waals surface area contributed by atoms with E-state index >= 15 is 0 Å². The summed E-state index contributed by atoms with van der Waals surface area (Å²) >= 11 is 0. The van der Waals surface area contributed by atoms with Crippen LogP contribution in [-0.4, -0.2) is 29.5 Å². The number of hydrogen-bond acceptors (Lipinski definition) is 2. The number of benzene rings is 2. The lowest BCUT2D eigenvalue weighted by atomic mass is 9.86. The SMILES string of the molecule is CCN(CC)CC1CCc2[nH]c3ccc(OCc4ccccc4)cc3c2C1. The molecule has 0 bridgehead atoms. The Morgan fingerprint density at radius 1 is 1.07 bits per heavy atom. The number of aromatic amines is 1. The summed E-state index contributed by atoms with van der Waals surface area (Å²) in [6.45, 7) is 8.64. The number of rotatable bonds is 7. The number of nitrogens with zero attached hydrogens (tertiary/aromatic N) is 1. The van der Waals surface area contributed by atoms with Crippen LogP contribution in [0.3, 0.4) is 0 Å². The van der Waals surface area contributed by atoms with Crippen molar-refractivity contribution < 1.29 is 4.74 Å². The van der Waals surface area contributed by atoms with E-state index in [4.69, 9.17) is 4.74 Å². The minimum Gasteiger partial charge on any atom is -0.489 e. The van der Waals surface area contributed by atoms with Crippen LogP contribution in [0.15, 0.2) is 48.5 Å². The molecule has 0 spiro atoms. The number of aryl methyl sites for hydroxylation is 1. The highest BCUT2D eigenvalue weighted by atomic mass is 16.5. The molecule has 1 N–H and O–H groups in total. The van der Waals surface area contributed by atoms with E-state index in [9.17, 15) is 0 Å². The highest BCUT2D eigenvalue weighted by molar-refractivity contribution is 5.86. The van der Waals surface area contributed by atoms with Crippen LogP contribution in [0.25, 0.3) is 10.9 Å². The van der Waals surface area contributed by atoms with Crippen LogP contribution in [0.5, 0.6) is 5.75 Å². The second kappa shape index (κ2) is 8.18. The van der Waals surface area contributed by atoms with Gasteiger partial charge < -0.3 is 14.6 Å². The van der Waals surface area contributed by atoms with Crippen LogP contribution in [0, 0.1) is 5.92 Å².